The number of hydrogen-bond acceptors (Lipinski definition) is 3. The van der Waals surface area contributed by atoms with Crippen molar-refractivity contribution in [3.63, 3.8) is 0 Å². The molecule has 0 aromatic carbocycles. The highest BCUT2D eigenvalue weighted by atomic mass is 79.9. The molecule has 4 heteroatoms. The summed E-state index contributed by atoms with van der Waals surface area (Å²) in [6, 6.07) is 0. The van der Waals surface area contributed by atoms with Crippen molar-refractivity contribution in [2.75, 3.05) is 0 Å². The highest BCUT2D eigenvalue weighted by Crippen LogP contribution is 2.39. The second kappa shape index (κ2) is 4.64. The minimum Gasteiger partial charge on any atom is -0.424 e. The van der Waals surface area contributed by atoms with E-state index in [9.17, 15) is 0 Å². The van der Waals surface area contributed by atoms with Gasteiger partial charge in [0.25, 0.3) is 0 Å². The summed E-state index contributed by atoms with van der Waals surface area (Å²) in [5.41, 5.74) is 0. The molecule has 84 valence electrons. The largest absolute Gasteiger partial charge is 0.424 e. The van der Waals surface area contributed by atoms with Gasteiger partial charge in [-0.3, -0.25) is 0 Å². The van der Waals surface area contributed by atoms with Crippen LogP contribution in [-0.2, 0) is 0 Å². The fraction of sp³-hybridized carbons (Fsp3) is 0.818. The zero-order chi connectivity index (χ0) is 10.8. The molecule has 2 rings (SSSR count). The summed E-state index contributed by atoms with van der Waals surface area (Å²) in [4.78, 5) is 0.204. The lowest BCUT2D eigenvalue weighted by Crippen LogP contribution is -2.02. The molecular formula is C11H17BrN2O. The van der Waals surface area contributed by atoms with Gasteiger partial charge in [0.1, 0.15) is 0 Å². The average Bonchev–Trinajstić information content (AvgIpc) is 2.84. The quantitative estimate of drug-likeness (QED) is 0.786. The van der Waals surface area contributed by atoms with E-state index in [2.05, 4.69) is 40.0 Å². The van der Waals surface area contributed by atoms with Gasteiger partial charge in [-0.15, -0.1) is 10.2 Å². The topological polar surface area (TPSA) is 38.9 Å². The van der Waals surface area contributed by atoms with Crippen LogP contribution in [0.5, 0.6) is 0 Å². The predicted octanol–water partition coefficient (Wildman–Crippen LogP) is 3.82. The standard InChI is InChI=1S/C11H17BrN2O/c1-3-9(12)11-14-13-10(15-11)8-6-4-5-7(8)2/h7-9H,3-6H2,1-2H3. The summed E-state index contributed by atoms with van der Waals surface area (Å²) in [5.74, 6) is 2.75. The summed E-state index contributed by atoms with van der Waals surface area (Å²) in [6.07, 6.45) is 4.74. The SMILES string of the molecule is CCC(Br)c1nnc(C2CCCC2C)o1. The lowest BCUT2D eigenvalue weighted by molar-refractivity contribution is 0.379. The number of hydrogen-bond donors (Lipinski definition) is 0. The molecule has 1 fully saturated rings. The Kier molecular flexibility index (Phi) is 3.44. The molecule has 3 nitrogen and oxygen atoms in total. The van der Waals surface area contributed by atoms with E-state index in [-0.39, 0.29) is 4.83 Å². The van der Waals surface area contributed by atoms with Crippen molar-refractivity contribution >= 4 is 15.9 Å². The third-order valence-corrected chi connectivity index (χ3v) is 4.30. The molecule has 3 atom stereocenters. The number of rotatable bonds is 3. The molecule has 0 aliphatic heterocycles. The summed E-state index contributed by atoms with van der Waals surface area (Å²) in [7, 11) is 0. The van der Waals surface area contributed by atoms with Crippen LogP contribution in [0.4, 0.5) is 0 Å². The number of nitrogens with zero attached hydrogens (tertiary/aromatic N) is 2. The molecule has 1 aromatic heterocycles. The second-order valence-corrected chi connectivity index (χ2v) is 5.47. The smallest absolute Gasteiger partial charge is 0.230 e. The molecule has 1 heterocycles. The molecule has 3 unspecified atom stereocenters. The average molecular weight is 273 g/mol. The van der Waals surface area contributed by atoms with Gasteiger partial charge in [0.2, 0.25) is 11.8 Å². The van der Waals surface area contributed by atoms with Gasteiger partial charge in [-0.25, -0.2) is 0 Å². The maximum absolute atomic E-state index is 5.72. The van der Waals surface area contributed by atoms with Crippen LogP contribution in [0.3, 0.4) is 0 Å². The molecule has 0 saturated heterocycles. The van der Waals surface area contributed by atoms with Crippen LogP contribution >= 0.6 is 15.9 Å². The molecule has 1 aliphatic carbocycles. The minimum absolute atomic E-state index is 0.204. The van der Waals surface area contributed by atoms with Gasteiger partial charge in [0, 0.05) is 5.92 Å². The predicted molar refractivity (Wildman–Crippen MR) is 62.0 cm³/mol. The molecule has 0 radical (unpaired) electrons. The van der Waals surface area contributed by atoms with Gasteiger partial charge in [-0.1, -0.05) is 36.2 Å². The first kappa shape index (κ1) is 11.1. The first-order chi connectivity index (χ1) is 7.22. The monoisotopic (exact) mass is 272 g/mol. The third-order valence-electron chi connectivity index (χ3n) is 3.26. The molecule has 0 bridgehead atoms. The van der Waals surface area contributed by atoms with Crippen LogP contribution in [0.2, 0.25) is 0 Å². The van der Waals surface area contributed by atoms with E-state index in [1.807, 2.05) is 0 Å². The summed E-state index contributed by atoms with van der Waals surface area (Å²) >= 11 is 3.53. The van der Waals surface area contributed by atoms with Gasteiger partial charge in [-0.05, 0) is 25.2 Å². The lowest BCUT2D eigenvalue weighted by Gasteiger charge is -2.09. The minimum atomic E-state index is 0.204. The number of aromatic nitrogens is 2. The molecule has 0 spiro atoms. The maximum Gasteiger partial charge on any atom is 0.230 e. The van der Waals surface area contributed by atoms with Crippen molar-refractivity contribution in [1.29, 1.82) is 0 Å². The third kappa shape index (κ3) is 2.25. The highest BCUT2D eigenvalue weighted by Gasteiger charge is 2.30. The van der Waals surface area contributed by atoms with E-state index >= 15 is 0 Å². The second-order valence-electron chi connectivity index (χ2n) is 4.37. The van der Waals surface area contributed by atoms with Crippen LogP contribution in [0.15, 0.2) is 4.42 Å². The van der Waals surface area contributed by atoms with Crippen molar-refractivity contribution in [2.24, 2.45) is 5.92 Å². The fourth-order valence-corrected chi connectivity index (χ4v) is 2.39. The van der Waals surface area contributed by atoms with Crippen LogP contribution in [0.25, 0.3) is 0 Å². The van der Waals surface area contributed by atoms with Gasteiger partial charge < -0.3 is 4.42 Å². The van der Waals surface area contributed by atoms with Crippen LogP contribution in [0, 0.1) is 5.92 Å². The fourth-order valence-electron chi connectivity index (χ4n) is 2.21. The van der Waals surface area contributed by atoms with Crippen LogP contribution in [0.1, 0.15) is 62.1 Å². The molecule has 15 heavy (non-hydrogen) atoms. The Morgan fingerprint density at radius 1 is 1.47 bits per heavy atom. The Balaban J connectivity index is 2.12. The zero-order valence-corrected chi connectivity index (χ0v) is 10.8. The van der Waals surface area contributed by atoms with Crippen LogP contribution in [-0.4, -0.2) is 10.2 Å². The van der Waals surface area contributed by atoms with E-state index in [1.165, 1.54) is 19.3 Å². The first-order valence-electron chi connectivity index (χ1n) is 5.69. The van der Waals surface area contributed by atoms with Gasteiger partial charge in [0.15, 0.2) is 0 Å². The Labute approximate surface area is 98.8 Å². The summed E-state index contributed by atoms with van der Waals surface area (Å²) in [6.45, 7) is 4.37. The molecule has 0 amide bonds. The molecular weight excluding hydrogens is 256 g/mol. The number of halogens is 1. The zero-order valence-electron chi connectivity index (χ0n) is 9.24. The van der Waals surface area contributed by atoms with E-state index in [0.717, 1.165) is 18.2 Å². The summed E-state index contributed by atoms with van der Waals surface area (Å²) < 4.78 is 5.72. The van der Waals surface area contributed by atoms with Gasteiger partial charge in [-0.2, -0.15) is 0 Å². The summed E-state index contributed by atoms with van der Waals surface area (Å²) in [5, 5.41) is 8.27. The molecule has 0 N–H and O–H groups in total. The van der Waals surface area contributed by atoms with Crippen molar-refractivity contribution in [3.8, 4) is 0 Å². The van der Waals surface area contributed by atoms with Gasteiger partial charge in [0.05, 0.1) is 4.83 Å². The van der Waals surface area contributed by atoms with Crippen molar-refractivity contribution in [1.82, 2.24) is 10.2 Å². The normalized spacial score (nSPS) is 28.2. The molecule has 1 aromatic rings. The van der Waals surface area contributed by atoms with E-state index < -0.39 is 0 Å². The van der Waals surface area contributed by atoms with Crippen molar-refractivity contribution < 1.29 is 4.42 Å². The Morgan fingerprint density at radius 2 is 2.27 bits per heavy atom. The first-order valence-corrected chi connectivity index (χ1v) is 6.61. The van der Waals surface area contributed by atoms with E-state index in [1.54, 1.807) is 0 Å². The Morgan fingerprint density at radius 3 is 2.87 bits per heavy atom. The highest BCUT2D eigenvalue weighted by molar-refractivity contribution is 9.09. The van der Waals surface area contributed by atoms with Crippen molar-refractivity contribution in [2.45, 2.75) is 50.3 Å². The maximum atomic E-state index is 5.72. The molecule has 1 aliphatic rings. The molecule has 1 saturated carbocycles. The van der Waals surface area contributed by atoms with Crippen molar-refractivity contribution in [3.05, 3.63) is 11.8 Å². The van der Waals surface area contributed by atoms with Gasteiger partial charge >= 0.3 is 0 Å². The number of alkyl halides is 1. The van der Waals surface area contributed by atoms with Crippen LogP contribution < -0.4 is 0 Å². The Hall–Kier alpha value is -0.380. The Bertz CT molecular complexity index is 326. The van der Waals surface area contributed by atoms with E-state index in [4.69, 9.17) is 4.42 Å². The van der Waals surface area contributed by atoms with E-state index in [0.29, 0.717) is 11.8 Å². The lowest BCUT2D eigenvalue weighted by atomic mass is 9.98.